The topological polar surface area (TPSA) is 58.6 Å². The molecule has 0 aromatic heterocycles. The van der Waals surface area contributed by atoms with E-state index in [2.05, 4.69) is 21.1 Å². The van der Waals surface area contributed by atoms with Gasteiger partial charge in [0.2, 0.25) is 0 Å². The predicted molar refractivity (Wildman–Crippen MR) is 55.9 cm³/mol. The molecule has 0 heterocycles. The molecule has 0 spiro atoms. The van der Waals surface area contributed by atoms with E-state index < -0.39 is 0 Å². The first-order valence-corrected chi connectivity index (χ1v) is 4.72. The largest absolute Gasteiger partial charge is 0.409 e. The van der Waals surface area contributed by atoms with Gasteiger partial charge in [0.15, 0.2) is 0 Å². The molecule has 0 unspecified atom stereocenters. The Balaban J connectivity index is 2.51. The Kier molecular flexibility index (Phi) is 3.76. The van der Waals surface area contributed by atoms with Gasteiger partial charge in [-0.2, -0.15) is 0 Å². The number of nitrogens with two attached hydrogens (primary N) is 1. The van der Waals surface area contributed by atoms with Crippen molar-refractivity contribution in [3.05, 3.63) is 34.3 Å². The standard InChI is InChI=1S/C9H11BrN2O/c10-8-4-1-7(2-5-8)3-6-9(11)12-13/h1-2,4-5,13H,3,6H2,(H2,11,12). The average Bonchev–Trinajstić information content (AvgIpc) is 2.16. The highest BCUT2D eigenvalue weighted by Gasteiger charge is 1.96. The van der Waals surface area contributed by atoms with E-state index in [4.69, 9.17) is 10.9 Å². The van der Waals surface area contributed by atoms with E-state index in [1.807, 2.05) is 24.3 Å². The maximum atomic E-state index is 8.31. The fourth-order valence-corrected chi connectivity index (χ4v) is 1.24. The van der Waals surface area contributed by atoms with Crippen molar-refractivity contribution < 1.29 is 5.21 Å². The molecule has 70 valence electrons. The van der Waals surface area contributed by atoms with Crippen LogP contribution in [0.4, 0.5) is 0 Å². The summed E-state index contributed by atoms with van der Waals surface area (Å²) in [6.07, 6.45) is 1.38. The fraction of sp³-hybridized carbons (Fsp3) is 0.222. The van der Waals surface area contributed by atoms with Gasteiger partial charge in [0, 0.05) is 10.9 Å². The highest BCUT2D eigenvalue weighted by Crippen LogP contribution is 2.11. The highest BCUT2D eigenvalue weighted by atomic mass is 79.9. The van der Waals surface area contributed by atoms with Crippen LogP contribution in [0.5, 0.6) is 0 Å². The summed E-state index contributed by atoms with van der Waals surface area (Å²) in [6, 6.07) is 7.96. The third-order valence-electron chi connectivity index (χ3n) is 1.71. The molecule has 0 saturated carbocycles. The van der Waals surface area contributed by atoms with E-state index in [0.717, 1.165) is 10.9 Å². The molecule has 1 rings (SSSR count). The zero-order valence-corrected chi connectivity index (χ0v) is 8.66. The number of halogens is 1. The number of hydrogen-bond donors (Lipinski definition) is 2. The molecule has 0 bridgehead atoms. The minimum absolute atomic E-state index is 0.267. The van der Waals surface area contributed by atoms with Crippen molar-refractivity contribution in [2.75, 3.05) is 0 Å². The Morgan fingerprint density at radius 2 is 2.00 bits per heavy atom. The number of oxime groups is 1. The number of benzene rings is 1. The molecule has 3 N–H and O–H groups in total. The lowest BCUT2D eigenvalue weighted by atomic mass is 10.1. The molecule has 0 amide bonds. The Morgan fingerprint density at radius 3 is 2.54 bits per heavy atom. The van der Waals surface area contributed by atoms with Crippen LogP contribution >= 0.6 is 15.9 Å². The van der Waals surface area contributed by atoms with Crippen LogP contribution in [0.25, 0.3) is 0 Å². The summed E-state index contributed by atoms with van der Waals surface area (Å²) in [5, 5.41) is 11.2. The van der Waals surface area contributed by atoms with E-state index in [1.54, 1.807) is 0 Å². The smallest absolute Gasteiger partial charge is 0.139 e. The lowest BCUT2D eigenvalue weighted by molar-refractivity contribution is 0.317. The second-order valence-electron chi connectivity index (χ2n) is 2.72. The maximum Gasteiger partial charge on any atom is 0.139 e. The van der Waals surface area contributed by atoms with Gasteiger partial charge in [0.25, 0.3) is 0 Å². The molecule has 1 aromatic rings. The van der Waals surface area contributed by atoms with Gasteiger partial charge in [0.05, 0.1) is 0 Å². The quantitative estimate of drug-likeness (QED) is 0.369. The van der Waals surface area contributed by atoms with Gasteiger partial charge in [-0.15, -0.1) is 0 Å². The number of hydrogen-bond acceptors (Lipinski definition) is 2. The van der Waals surface area contributed by atoms with Crippen molar-refractivity contribution >= 4 is 21.8 Å². The molecule has 0 saturated heterocycles. The van der Waals surface area contributed by atoms with E-state index in [1.165, 1.54) is 5.56 Å². The van der Waals surface area contributed by atoms with Gasteiger partial charge >= 0.3 is 0 Å². The van der Waals surface area contributed by atoms with E-state index in [-0.39, 0.29) is 5.84 Å². The highest BCUT2D eigenvalue weighted by molar-refractivity contribution is 9.10. The van der Waals surface area contributed by atoms with Crippen LogP contribution in [0, 0.1) is 0 Å². The molecule has 1 aromatic carbocycles. The molecular formula is C9H11BrN2O. The summed E-state index contributed by atoms with van der Waals surface area (Å²) in [6.45, 7) is 0. The molecule has 3 nitrogen and oxygen atoms in total. The molecule has 13 heavy (non-hydrogen) atoms. The Labute approximate surface area is 85.4 Å². The third-order valence-corrected chi connectivity index (χ3v) is 2.24. The van der Waals surface area contributed by atoms with Gasteiger partial charge in [-0.1, -0.05) is 33.2 Å². The first kappa shape index (κ1) is 10.1. The minimum atomic E-state index is 0.267. The van der Waals surface area contributed by atoms with Crippen LogP contribution in [0.3, 0.4) is 0 Å². The zero-order valence-electron chi connectivity index (χ0n) is 7.07. The lowest BCUT2D eigenvalue weighted by Gasteiger charge is -1.99. The number of nitrogens with zero attached hydrogens (tertiary/aromatic N) is 1. The molecule has 0 aliphatic rings. The SMILES string of the molecule is NC(CCc1ccc(Br)cc1)=NO. The van der Waals surface area contributed by atoms with Crippen LogP contribution in [-0.2, 0) is 6.42 Å². The van der Waals surface area contributed by atoms with Crippen LogP contribution in [0.2, 0.25) is 0 Å². The molecular weight excluding hydrogens is 232 g/mol. The predicted octanol–water partition coefficient (Wildman–Crippen LogP) is 2.13. The zero-order chi connectivity index (χ0) is 9.68. The van der Waals surface area contributed by atoms with Gasteiger partial charge in [0.1, 0.15) is 5.84 Å². The summed E-state index contributed by atoms with van der Waals surface area (Å²) >= 11 is 3.35. The van der Waals surface area contributed by atoms with Crippen LogP contribution in [0.15, 0.2) is 33.9 Å². The van der Waals surface area contributed by atoms with Crippen molar-refractivity contribution in [3.8, 4) is 0 Å². The molecule has 0 aliphatic carbocycles. The van der Waals surface area contributed by atoms with Crippen LogP contribution in [0.1, 0.15) is 12.0 Å². The summed E-state index contributed by atoms with van der Waals surface area (Å²) in [7, 11) is 0. The fourth-order valence-electron chi connectivity index (χ4n) is 0.973. The number of amidine groups is 1. The van der Waals surface area contributed by atoms with E-state index in [9.17, 15) is 0 Å². The monoisotopic (exact) mass is 242 g/mol. The summed E-state index contributed by atoms with van der Waals surface area (Å²) in [5.74, 6) is 0.267. The van der Waals surface area contributed by atoms with Crippen LogP contribution < -0.4 is 5.73 Å². The van der Waals surface area contributed by atoms with Gasteiger partial charge in [-0.25, -0.2) is 0 Å². The Morgan fingerprint density at radius 1 is 1.38 bits per heavy atom. The Hall–Kier alpha value is -1.03. The van der Waals surface area contributed by atoms with Crippen molar-refractivity contribution in [3.63, 3.8) is 0 Å². The summed E-state index contributed by atoms with van der Waals surface area (Å²) in [5.41, 5.74) is 6.52. The van der Waals surface area contributed by atoms with Crippen molar-refractivity contribution in [2.24, 2.45) is 10.9 Å². The minimum Gasteiger partial charge on any atom is -0.409 e. The van der Waals surface area contributed by atoms with Crippen molar-refractivity contribution in [2.45, 2.75) is 12.8 Å². The average molecular weight is 243 g/mol. The second kappa shape index (κ2) is 4.87. The molecule has 0 fully saturated rings. The van der Waals surface area contributed by atoms with Gasteiger partial charge in [-0.05, 0) is 24.1 Å². The van der Waals surface area contributed by atoms with E-state index >= 15 is 0 Å². The normalized spacial score (nSPS) is 11.6. The first-order valence-electron chi connectivity index (χ1n) is 3.93. The van der Waals surface area contributed by atoms with Crippen LogP contribution in [-0.4, -0.2) is 11.0 Å². The molecule has 0 aliphatic heterocycles. The number of aryl methyl sites for hydroxylation is 1. The third kappa shape index (κ3) is 3.46. The van der Waals surface area contributed by atoms with Gasteiger partial charge in [-0.3, -0.25) is 0 Å². The van der Waals surface area contributed by atoms with Crippen molar-refractivity contribution in [1.82, 2.24) is 0 Å². The molecule has 0 atom stereocenters. The summed E-state index contributed by atoms with van der Waals surface area (Å²) in [4.78, 5) is 0. The number of rotatable bonds is 3. The Bertz CT molecular complexity index is 295. The van der Waals surface area contributed by atoms with E-state index in [0.29, 0.717) is 6.42 Å². The maximum absolute atomic E-state index is 8.31. The first-order chi connectivity index (χ1) is 6.22. The molecule has 0 radical (unpaired) electrons. The van der Waals surface area contributed by atoms with Crippen molar-refractivity contribution in [1.29, 1.82) is 0 Å². The summed E-state index contributed by atoms with van der Waals surface area (Å²) < 4.78 is 1.06. The molecule has 4 heteroatoms. The lowest BCUT2D eigenvalue weighted by Crippen LogP contribution is -2.12. The van der Waals surface area contributed by atoms with Gasteiger partial charge < -0.3 is 10.9 Å². The second-order valence-corrected chi connectivity index (χ2v) is 3.63.